The second-order valence-corrected chi connectivity index (χ2v) is 6.34. The van der Waals surface area contributed by atoms with Crippen LogP contribution in [0.5, 0.6) is 0 Å². The molecule has 0 atom stereocenters. The number of carbonyl (C=O) groups excluding carboxylic acids is 1. The van der Waals surface area contributed by atoms with Crippen LogP contribution in [0.25, 0.3) is 11.3 Å². The van der Waals surface area contributed by atoms with E-state index >= 15 is 0 Å². The number of nitrogens with one attached hydrogen (secondary N) is 1. The fourth-order valence-electron chi connectivity index (χ4n) is 2.69. The van der Waals surface area contributed by atoms with Crippen molar-refractivity contribution in [2.24, 2.45) is 0 Å². The Labute approximate surface area is 156 Å². The van der Waals surface area contributed by atoms with Gasteiger partial charge >= 0.3 is 11.8 Å². The molecule has 0 unspecified atom stereocenters. The summed E-state index contributed by atoms with van der Waals surface area (Å²) >= 11 is 5.88. The van der Waals surface area contributed by atoms with Crippen molar-refractivity contribution in [3.63, 3.8) is 0 Å². The lowest BCUT2D eigenvalue weighted by atomic mass is 10.1. The van der Waals surface area contributed by atoms with Gasteiger partial charge in [-0.25, -0.2) is 9.59 Å². The van der Waals surface area contributed by atoms with Gasteiger partial charge in [-0.1, -0.05) is 54.1 Å². The second-order valence-electron chi connectivity index (χ2n) is 5.90. The predicted octanol–water partition coefficient (Wildman–Crippen LogP) is 4.34. The summed E-state index contributed by atoms with van der Waals surface area (Å²) in [6.07, 6.45) is 4.01. The normalized spacial score (nSPS) is 10.7. The second kappa shape index (κ2) is 8.54. The number of carbonyl (C=O) groups is 1. The van der Waals surface area contributed by atoms with E-state index in [0.717, 1.165) is 23.8 Å². The molecule has 1 N–H and O–H groups in total. The van der Waals surface area contributed by atoms with Crippen molar-refractivity contribution in [1.29, 1.82) is 0 Å². The Balaban J connectivity index is 1.57. The van der Waals surface area contributed by atoms with Crippen molar-refractivity contribution in [1.82, 2.24) is 9.88 Å². The molecule has 0 saturated heterocycles. The zero-order valence-corrected chi connectivity index (χ0v) is 14.9. The number of aryl methyl sites for hydroxylation is 1. The molecule has 0 aliphatic heterocycles. The fraction of sp³-hybridized carbons (Fsp3) is 0.200. The highest BCUT2D eigenvalue weighted by Crippen LogP contribution is 2.20. The average molecular weight is 371 g/mol. The summed E-state index contributed by atoms with van der Waals surface area (Å²) in [6.45, 7) is 0.489. The molecule has 6 heteroatoms. The van der Waals surface area contributed by atoms with Crippen molar-refractivity contribution >= 4 is 17.6 Å². The standard InChI is InChI=1S/C20H19ClN2O3/c21-17-11-9-16(10-12-17)18-14-26-20(25)23(18)19(24)22-13-5-4-8-15-6-2-1-3-7-15/h1-3,6-7,9-12,14H,4-5,8,13H2,(H,22,24). The molecule has 3 rings (SSSR count). The van der Waals surface area contributed by atoms with E-state index in [1.807, 2.05) is 18.2 Å². The van der Waals surface area contributed by atoms with Gasteiger partial charge in [-0.3, -0.25) is 0 Å². The molecule has 0 fully saturated rings. The summed E-state index contributed by atoms with van der Waals surface area (Å²) in [6, 6.07) is 16.6. The Morgan fingerprint density at radius 2 is 1.77 bits per heavy atom. The number of hydrogen-bond donors (Lipinski definition) is 1. The Morgan fingerprint density at radius 1 is 1.04 bits per heavy atom. The number of oxazole rings is 1. The lowest BCUT2D eigenvalue weighted by molar-refractivity contribution is 0.240. The number of hydrogen-bond acceptors (Lipinski definition) is 3. The number of benzene rings is 2. The van der Waals surface area contributed by atoms with Gasteiger partial charge in [-0.2, -0.15) is 4.57 Å². The maximum atomic E-state index is 12.4. The first-order valence-electron chi connectivity index (χ1n) is 8.44. The van der Waals surface area contributed by atoms with E-state index < -0.39 is 11.8 Å². The van der Waals surface area contributed by atoms with E-state index in [0.29, 0.717) is 22.8 Å². The average Bonchev–Trinajstić information content (AvgIpc) is 3.04. The smallest absolute Gasteiger partial charge is 0.415 e. The van der Waals surface area contributed by atoms with Crippen LogP contribution in [-0.4, -0.2) is 17.1 Å². The Hall–Kier alpha value is -2.79. The van der Waals surface area contributed by atoms with Crippen molar-refractivity contribution in [2.75, 3.05) is 6.54 Å². The molecular weight excluding hydrogens is 352 g/mol. The first kappa shape index (κ1) is 18.0. The first-order valence-corrected chi connectivity index (χ1v) is 8.81. The molecule has 26 heavy (non-hydrogen) atoms. The van der Waals surface area contributed by atoms with Crippen molar-refractivity contribution in [3.8, 4) is 11.3 Å². The number of unbranched alkanes of at least 4 members (excludes halogenated alkanes) is 1. The Bertz CT molecular complexity index is 914. The number of amides is 1. The highest BCUT2D eigenvalue weighted by atomic mass is 35.5. The lowest BCUT2D eigenvalue weighted by Crippen LogP contribution is -2.35. The van der Waals surface area contributed by atoms with E-state index in [9.17, 15) is 9.59 Å². The quantitative estimate of drug-likeness (QED) is 0.656. The van der Waals surface area contributed by atoms with Crippen LogP contribution in [0.1, 0.15) is 18.4 Å². The number of aromatic nitrogens is 1. The van der Waals surface area contributed by atoms with E-state index in [1.54, 1.807) is 24.3 Å². The first-order chi connectivity index (χ1) is 12.6. The minimum Gasteiger partial charge on any atom is -0.415 e. The summed E-state index contributed by atoms with van der Waals surface area (Å²) < 4.78 is 5.90. The summed E-state index contributed by atoms with van der Waals surface area (Å²) in [7, 11) is 0. The third-order valence-electron chi connectivity index (χ3n) is 4.05. The highest BCUT2D eigenvalue weighted by Gasteiger charge is 2.16. The van der Waals surface area contributed by atoms with E-state index in [4.69, 9.17) is 16.0 Å². The third kappa shape index (κ3) is 4.43. The summed E-state index contributed by atoms with van der Waals surface area (Å²) in [5.74, 6) is -0.711. The van der Waals surface area contributed by atoms with Crippen molar-refractivity contribution < 1.29 is 9.21 Å². The molecule has 134 valence electrons. The van der Waals surface area contributed by atoms with Crippen LogP contribution >= 0.6 is 11.6 Å². The highest BCUT2D eigenvalue weighted by molar-refractivity contribution is 6.30. The van der Waals surface area contributed by atoms with Crippen LogP contribution < -0.4 is 11.1 Å². The Kier molecular flexibility index (Phi) is 5.92. The fourth-order valence-corrected chi connectivity index (χ4v) is 2.82. The molecule has 0 aliphatic rings. The number of halogens is 1. The van der Waals surface area contributed by atoms with Crippen LogP contribution in [0.3, 0.4) is 0 Å². The SMILES string of the molecule is O=C(NCCCCc1ccccc1)n1c(-c2ccc(Cl)cc2)coc1=O. The summed E-state index contributed by atoms with van der Waals surface area (Å²) in [4.78, 5) is 24.3. The molecule has 5 nitrogen and oxygen atoms in total. The van der Waals surface area contributed by atoms with E-state index in [2.05, 4.69) is 17.4 Å². The zero-order valence-electron chi connectivity index (χ0n) is 14.2. The van der Waals surface area contributed by atoms with Gasteiger partial charge in [0.1, 0.15) is 6.26 Å². The molecule has 1 heterocycles. The third-order valence-corrected chi connectivity index (χ3v) is 4.30. The van der Waals surface area contributed by atoms with Crippen LogP contribution in [0.4, 0.5) is 4.79 Å². The molecule has 3 aromatic rings. The van der Waals surface area contributed by atoms with Gasteiger partial charge in [0, 0.05) is 17.1 Å². The van der Waals surface area contributed by atoms with Gasteiger partial charge in [0.2, 0.25) is 0 Å². The molecular formula is C20H19ClN2O3. The van der Waals surface area contributed by atoms with Gasteiger partial charge in [-0.15, -0.1) is 0 Å². The lowest BCUT2D eigenvalue weighted by Gasteiger charge is -2.08. The van der Waals surface area contributed by atoms with Gasteiger partial charge in [0.25, 0.3) is 0 Å². The summed E-state index contributed by atoms with van der Waals surface area (Å²) in [5.41, 5.74) is 2.35. The van der Waals surface area contributed by atoms with Gasteiger partial charge in [0.15, 0.2) is 0 Å². The Morgan fingerprint density at radius 3 is 2.50 bits per heavy atom. The maximum absolute atomic E-state index is 12.4. The zero-order chi connectivity index (χ0) is 18.4. The van der Waals surface area contributed by atoms with E-state index in [1.165, 1.54) is 11.8 Å². The van der Waals surface area contributed by atoms with Crippen LogP contribution in [0.2, 0.25) is 5.02 Å². The maximum Gasteiger partial charge on any atom is 0.427 e. The molecule has 0 radical (unpaired) electrons. The molecule has 0 bridgehead atoms. The number of nitrogens with zero attached hydrogens (tertiary/aromatic N) is 1. The van der Waals surface area contributed by atoms with Crippen molar-refractivity contribution in [3.05, 3.63) is 82.0 Å². The van der Waals surface area contributed by atoms with Gasteiger partial charge < -0.3 is 9.73 Å². The largest absolute Gasteiger partial charge is 0.427 e. The summed E-state index contributed by atoms with van der Waals surface area (Å²) in [5, 5.41) is 3.35. The molecule has 2 aromatic carbocycles. The van der Waals surface area contributed by atoms with Crippen LogP contribution in [0, 0.1) is 0 Å². The van der Waals surface area contributed by atoms with Gasteiger partial charge in [0.05, 0.1) is 5.69 Å². The predicted molar refractivity (Wildman–Crippen MR) is 102 cm³/mol. The topological polar surface area (TPSA) is 64.2 Å². The monoisotopic (exact) mass is 370 g/mol. The minimum atomic E-state index is -0.711. The molecule has 0 aliphatic carbocycles. The van der Waals surface area contributed by atoms with Crippen molar-refractivity contribution in [2.45, 2.75) is 19.3 Å². The minimum absolute atomic E-state index is 0.397. The number of rotatable bonds is 6. The van der Waals surface area contributed by atoms with Gasteiger partial charge in [-0.05, 0) is 37.0 Å². The molecule has 0 spiro atoms. The van der Waals surface area contributed by atoms with E-state index in [-0.39, 0.29) is 0 Å². The molecule has 1 amide bonds. The molecule has 1 aromatic heterocycles. The van der Waals surface area contributed by atoms with Crippen LogP contribution in [-0.2, 0) is 6.42 Å². The van der Waals surface area contributed by atoms with Crippen LogP contribution in [0.15, 0.2) is 70.1 Å². The molecule has 0 saturated carbocycles.